The molecule has 1 aliphatic carbocycles. The molecule has 1 aromatic heterocycles. The Bertz CT molecular complexity index is 291. The maximum absolute atomic E-state index is 8.91. The predicted molar refractivity (Wildman–Crippen MR) is 48.0 cm³/mol. The van der Waals surface area contributed by atoms with Crippen molar-refractivity contribution in [1.82, 2.24) is 15.0 Å². The second-order valence-electron chi connectivity index (χ2n) is 3.73. The molecule has 1 heterocycles. The number of rotatable bonds is 4. The summed E-state index contributed by atoms with van der Waals surface area (Å²) in [5, 5.41) is 16.8. The average molecular weight is 181 g/mol. The van der Waals surface area contributed by atoms with Crippen LogP contribution >= 0.6 is 0 Å². The number of aliphatic hydroxyl groups excluding tert-OH is 1. The van der Waals surface area contributed by atoms with Gasteiger partial charge in [0.25, 0.3) is 0 Å². The van der Waals surface area contributed by atoms with Crippen LogP contribution in [0, 0.1) is 12.8 Å². The van der Waals surface area contributed by atoms with E-state index in [9.17, 15) is 0 Å². The minimum absolute atomic E-state index is 0.00470. The molecule has 1 fully saturated rings. The van der Waals surface area contributed by atoms with Crippen molar-refractivity contribution in [2.75, 3.05) is 0 Å². The zero-order valence-electron chi connectivity index (χ0n) is 7.90. The van der Waals surface area contributed by atoms with E-state index in [1.165, 1.54) is 19.3 Å². The maximum atomic E-state index is 8.91. The van der Waals surface area contributed by atoms with Gasteiger partial charge in [0.15, 0.2) is 0 Å². The highest BCUT2D eigenvalue weighted by Gasteiger charge is 2.21. The summed E-state index contributed by atoms with van der Waals surface area (Å²) in [5.41, 5.74) is 1.71. The van der Waals surface area contributed by atoms with Crippen molar-refractivity contribution < 1.29 is 5.11 Å². The first-order valence-corrected chi connectivity index (χ1v) is 4.81. The third-order valence-corrected chi connectivity index (χ3v) is 2.67. The average Bonchev–Trinajstić information content (AvgIpc) is 2.89. The number of aromatic nitrogens is 3. The van der Waals surface area contributed by atoms with Gasteiger partial charge in [-0.3, -0.25) is 0 Å². The molecule has 0 spiro atoms. The maximum Gasteiger partial charge on any atom is 0.111 e. The van der Waals surface area contributed by atoms with Gasteiger partial charge in [-0.2, -0.15) is 0 Å². The van der Waals surface area contributed by atoms with Crippen LogP contribution in [0.3, 0.4) is 0 Å². The lowest BCUT2D eigenvalue weighted by Gasteiger charge is -2.01. The van der Waals surface area contributed by atoms with Gasteiger partial charge in [-0.15, -0.1) is 5.10 Å². The van der Waals surface area contributed by atoms with Gasteiger partial charge in [-0.05, 0) is 19.3 Å². The van der Waals surface area contributed by atoms with Crippen LogP contribution in [0.4, 0.5) is 0 Å². The molecule has 4 nitrogen and oxygen atoms in total. The van der Waals surface area contributed by atoms with Crippen molar-refractivity contribution in [1.29, 1.82) is 0 Å². The van der Waals surface area contributed by atoms with Gasteiger partial charge in [0.05, 0.1) is 12.3 Å². The summed E-state index contributed by atoms with van der Waals surface area (Å²) in [7, 11) is 0. The molecule has 1 aliphatic rings. The van der Waals surface area contributed by atoms with Gasteiger partial charge >= 0.3 is 0 Å². The number of aryl methyl sites for hydroxylation is 1. The van der Waals surface area contributed by atoms with Crippen molar-refractivity contribution in [3.63, 3.8) is 0 Å². The lowest BCUT2D eigenvalue weighted by atomic mass is 10.3. The van der Waals surface area contributed by atoms with E-state index in [1.807, 2.05) is 11.6 Å². The fourth-order valence-corrected chi connectivity index (χ4v) is 1.47. The molecule has 0 atom stereocenters. The molecule has 0 amide bonds. The SMILES string of the molecule is Cc1c(CO)nnn1CCC1CC1. The van der Waals surface area contributed by atoms with Gasteiger partial charge < -0.3 is 5.11 Å². The summed E-state index contributed by atoms with van der Waals surface area (Å²) >= 11 is 0. The Morgan fingerprint density at radius 3 is 2.85 bits per heavy atom. The van der Waals surface area contributed by atoms with Crippen LogP contribution in [0.1, 0.15) is 30.7 Å². The van der Waals surface area contributed by atoms with Crippen molar-refractivity contribution in [2.45, 2.75) is 39.3 Å². The van der Waals surface area contributed by atoms with E-state index < -0.39 is 0 Å². The molecule has 0 unspecified atom stereocenters. The van der Waals surface area contributed by atoms with Crippen LogP contribution in [0.25, 0.3) is 0 Å². The molecule has 1 saturated carbocycles. The lowest BCUT2D eigenvalue weighted by Crippen LogP contribution is -2.03. The predicted octanol–water partition coefficient (Wildman–Crippen LogP) is 0.879. The normalized spacial score (nSPS) is 16.5. The fraction of sp³-hybridized carbons (Fsp3) is 0.778. The highest BCUT2D eigenvalue weighted by molar-refractivity contribution is 5.05. The first-order chi connectivity index (χ1) is 6.31. The van der Waals surface area contributed by atoms with Gasteiger partial charge in [0.1, 0.15) is 5.69 Å². The second-order valence-corrected chi connectivity index (χ2v) is 3.73. The van der Waals surface area contributed by atoms with Gasteiger partial charge in [-0.1, -0.05) is 18.1 Å². The highest BCUT2D eigenvalue weighted by Crippen LogP contribution is 2.32. The molecule has 0 aliphatic heterocycles. The Kier molecular flexibility index (Phi) is 2.31. The molecule has 72 valence electrons. The van der Waals surface area contributed by atoms with E-state index in [-0.39, 0.29) is 6.61 Å². The number of aliphatic hydroxyl groups is 1. The molecule has 4 heteroatoms. The van der Waals surface area contributed by atoms with Crippen LogP contribution in [-0.2, 0) is 13.2 Å². The molecule has 1 N–H and O–H groups in total. The Balaban J connectivity index is 1.97. The number of nitrogens with zero attached hydrogens (tertiary/aromatic N) is 3. The summed E-state index contributed by atoms with van der Waals surface area (Å²) < 4.78 is 1.89. The molecule has 0 aromatic carbocycles. The minimum Gasteiger partial charge on any atom is -0.390 e. The summed E-state index contributed by atoms with van der Waals surface area (Å²) in [5.74, 6) is 0.918. The molecule has 13 heavy (non-hydrogen) atoms. The Labute approximate surface area is 77.6 Å². The van der Waals surface area contributed by atoms with E-state index in [4.69, 9.17) is 5.11 Å². The van der Waals surface area contributed by atoms with Gasteiger partial charge in [0, 0.05) is 6.54 Å². The lowest BCUT2D eigenvalue weighted by molar-refractivity contribution is 0.276. The largest absolute Gasteiger partial charge is 0.390 e. The first-order valence-electron chi connectivity index (χ1n) is 4.81. The smallest absolute Gasteiger partial charge is 0.111 e. The zero-order chi connectivity index (χ0) is 9.26. The minimum atomic E-state index is -0.00470. The summed E-state index contributed by atoms with van der Waals surface area (Å²) in [6.45, 7) is 2.90. The van der Waals surface area contributed by atoms with E-state index in [0.29, 0.717) is 5.69 Å². The van der Waals surface area contributed by atoms with Crippen molar-refractivity contribution in [3.05, 3.63) is 11.4 Å². The van der Waals surface area contributed by atoms with Crippen LogP contribution in [-0.4, -0.2) is 20.1 Å². The van der Waals surface area contributed by atoms with Gasteiger partial charge in [-0.25, -0.2) is 4.68 Å². The third-order valence-electron chi connectivity index (χ3n) is 2.67. The van der Waals surface area contributed by atoms with E-state index in [2.05, 4.69) is 10.3 Å². The quantitative estimate of drug-likeness (QED) is 0.750. The van der Waals surface area contributed by atoms with Crippen molar-refractivity contribution in [2.24, 2.45) is 5.92 Å². The van der Waals surface area contributed by atoms with E-state index in [0.717, 1.165) is 18.2 Å². The second kappa shape index (κ2) is 3.46. The number of hydrogen-bond acceptors (Lipinski definition) is 3. The zero-order valence-corrected chi connectivity index (χ0v) is 7.90. The molecular weight excluding hydrogens is 166 g/mol. The fourth-order valence-electron chi connectivity index (χ4n) is 1.47. The first kappa shape index (κ1) is 8.69. The van der Waals surface area contributed by atoms with E-state index in [1.54, 1.807) is 0 Å². The topological polar surface area (TPSA) is 50.9 Å². The Hall–Kier alpha value is -0.900. The molecular formula is C9H15N3O. The monoisotopic (exact) mass is 181 g/mol. The van der Waals surface area contributed by atoms with Crippen LogP contribution in [0.5, 0.6) is 0 Å². The van der Waals surface area contributed by atoms with Gasteiger partial charge in [0.2, 0.25) is 0 Å². The molecule has 0 saturated heterocycles. The highest BCUT2D eigenvalue weighted by atomic mass is 16.3. The van der Waals surface area contributed by atoms with Crippen LogP contribution in [0.15, 0.2) is 0 Å². The Morgan fingerprint density at radius 1 is 1.54 bits per heavy atom. The van der Waals surface area contributed by atoms with Crippen LogP contribution < -0.4 is 0 Å². The van der Waals surface area contributed by atoms with Crippen molar-refractivity contribution >= 4 is 0 Å². The number of hydrogen-bond donors (Lipinski definition) is 1. The summed E-state index contributed by atoms with van der Waals surface area (Å²) in [4.78, 5) is 0. The third kappa shape index (κ3) is 1.88. The summed E-state index contributed by atoms with van der Waals surface area (Å²) in [6, 6.07) is 0. The van der Waals surface area contributed by atoms with Crippen molar-refractivity contribution in [3.8, 4) is 0 Å². The Morgan fingerprint density at radius 2 is 2.31 bits per heavy atom. The molecule has 2 rings (SSSR count). The summed E-state index contributed by atoms with van der Waals surface area (Å²) in [6.07, 6.45) is 3.95. The molecule has 0 bridgehead atoms. The molecule has 1 aromatic rings. The van der Waals surface area contributed by atoms with Crippen LogP contribution in [0.2, 0.25) is 0 Å². The standard InChI is InChI=1S/C9H15N3O/c1-7-9(6-13)10-11-12(7)5-4-8-2-3-8/h8,13H,2-6H2,1H3. The molecule has 0 radical (unpaired) electrons. The van der Waals surface area contributed by atoms with E-state index >= 15 is 0 Å².